The summed E-state index contributed by atoms with van der Waals surface area (Å²) in [5, 5.41) is 12.4. The largest absolute Gasteiger partial charge is 0.379 e. The number of nitrogens with zero attached hydrogens (tertiary/aromatic N) is 1. The second kappa shape index (κ2) is 5.75. The highest BCUT2D eigenvalue weighted by Crippen LogP contribution is 2.32. The minimum atomic E-state index is 0.661. The molecule has 92 valence electrons. The fourth-order valence-electron chi connectivity index (χ4n) is 1.62. The van der Waals surface area contributed by atoms with Crippen molar-refractivity contribution in [3.8, 4) is 6.07 Å². The van der Waals surface area contributed by atoms with Gasteiger partial charge in [0.1, 0.15) is 10.4 Å². The van der Waals surface area contributed by atoms with Crippen LogP contribution in [0.5, 0.6) is 0 Å². The quantitative estimate of drug-likeness (QED) is 0.856. The standard InChI is InChI=1S/C13H10BrClN2S/c1-8-3-2-4-12(10(8)6-16)17-7-9-5-11(14)13(15)18-9/h2-5,17H,7H2,1H3. The zero-order valence-electron chi connectivity index (χ0n) is 9.63. The molecule has 18 heavy (non-hydrogen) atoms. The summed E-state index contributed by atoms with van der Waals surface area (Å²) in [5.74, 6) is 0. The average Bonchev–Trinajstić information content (AvgIpc) is 2.66. The first-order valence-electron chi connectivity index (χ1n) is 5.29. The molecule has 0 saturated heterocycles. The van der Waals surface area contributed by atoms with Crippen molar-refractivity contribution >= 4 is 44.6 Å². The topological polar surface area (TPSA) is 35.8 Å². The van der Waals surface area contributed by atoms with Crippen LogP contribution in [0.3, 0.4) is 0 Å². The van der Waals surface area contributed by atoms with Gasteiger partial charge in [-0.15, -0.1) is 11.3 Å². The van der Waals surface area contributed by atoms with E-state index in [2.05, 4.69) is 27.3 Å². The van der Waals surface area contributed by atoms with Gasteiger partial charge >= 0.3 is 0 Å². The third kappa shape index (κ3) is 2.86. The van der Waals surface area contributed by atoms with Crippen molar-refractivity contribution in [2.24, 2.45) is 0 Å². The summed E-state index contributed by atoms with van der Waals surface area (Å²) in [6, 6.07) is 10.00. The van der Waals surface area contributed by atoms with Crippen molar-refractivity contribution in [1.82, 2.24) is 0 Å². The van der Waals surface area contributed by atoms with E-state index in [1.165, 1.54) is 11.3 Å². The lowest BCUT2D eigenvalue weighted by molar-refractivity contribution is 1.18. The van der Waals surface area contributed by atoms with Crippen LogP contribution in [0.1, 0.15) is 16.0 Å². The number of nitrogens with one attached hydrogen (secondary N) is 1. The minimum absolute atomic E-state index is 0.661. The number of aryl methyl sites for hydroxylation is 1. The molecule has 0 atom stereocenters. The predicted molar refractivity (Wildman–Crippen MR) is 80.2 cm³/mol. The first-order chi connectivity index (χ1) is 8.61. The highest BCUT2D eigenvalue weighted by Gasteiger charge is 2.07. The number of halogens is 2. The van der Waals surface area contributed by atoms with E-state index in [-0.39, 0.29) is 0 Å². The van der Waals surface area contributed by atoms with Gasteiger partial charge in [0.15, 0.2) is 0 Å². The van der Waals surface area contributed by atoms with Gasteiger partial charge in [0, 0.05) is 15.9 Å². The highest BCUT2D eigenvalue weighted by atomic mass is 79.9. The van der Waals surface area contributed by atoms with Gasteiger partial charge in [0.2, 0.25) is 0 Å². The molecular weight excluding hydrogens is 332 g/mol. The molecule has 2 rings (SSSR count). The van der Waals surface area contributed by atoms with Gasteiger partial charge in [0.05, 0.1) is 11.3 Å². The van der Waals surface area contributed by atoms with Gasteiger partial charge < -0.3 is 5.32 Å². The summed E-state index contributed by atoms with van der Waals surface area (Å²) >= 11 is 10.9. The molecule has 0 aliphatic rings. The van der Waals surface area contributed by atoms with Gasteiger partial charge in [-0.05, 0) is 40.5 Å². The summed E-state index contributed by atoms with van der Waals surface area (Å²) in [7, 11) is 0. The van der Waals surface area contributed by atoms with E-state index in [0.717, 1.165) is 24.9 Å². The lowest BCUT2D eigenvalue weighted by atomic mass is 10.1. The van der Waals surface area contributed by atoms with Crippen LogP contribution in [0.2, 0.25) is 4.34 Å². The molecule has 1 N–H and O–H groups in total. The Hall–Kier alpha value is -1.02. The van der Waals surface area contributed by atoms with Crippen LogP contribution < -0.4 is 5.32 Å². The molecule has 1 aromatic carbocycles. The number of hydrogen-bond acceptors (Lipinski definition) is 3. The second-order valence-electron chi connectivity index (χ2n) is 3.80. The Labute approximate surface area is 123 Å². The van der Waals surface area contributed by atoms with Crippen LogP contribution in [0.25, 0.3) is 0 Å². The van der Waals surface area contributed by atoms with Crippen LogP contribution in [-0.2, 0) is 6.54 Å². The van der Waals surface area contributed by atoms with E-state index >= 15 is 0 Å². The fourth-order valence-corrected chi connectivity index (χ4v) is 3.35. The Morgan fingerprint density at radius 2 is 2.28 bits per heavy atom. The maximum absolute atomic E-state index is 9.13. The maximum Gasteiger partial charge on any atom is 0.107 e. The van der Waals surface area contributed by atoms with Crippen LogP contribution in [0, 0.1) is 18.3 Å². The molecule has 0 fully saturated rings. The normalized spacial score (nSPS) is 10.1. The molecule has 0 spiro atoms. The Morgan fingerprint density at radius 3 is 2.89 bits per heavy atom. The van der Waals surface area contributed by atoms with E-state index in [1.54, 1.807) is 0 Å². The third-order valence-electron chi connectivity index (χ3n) is 2.53. The molecule has 0 aliphatic carbocycles. The van der Waals surface area contributed by atoms with Crippen molar-refractivity contribution in [2.75, 3.05) is 5.32 Å². The summed E-state index contributed by atoms with van der Waals surface area (Å²) in [4.78, 5) is 1.12. The zero-order chi connectivity index (χ0) is 13.1. The Bertz CT molecular complexity index is 596. The lowest BCUT2D eigenvalue weighted by Crippen LogP contribution is -2.00. The van der Waals surface area contributed by atoms with Crippen LogP contribution in [0.4, 0.5) is 5.69 Å². The number of benzene rings is 1. The molecule has 2 nitrogen and oxygen atoms in total. The smallest absolute Gasteiger partial charge is 0.107 e. The Morgan fingerprint density at radius 1 is 1.50 bits per heavy atom. The van der Waals surface area contributed by atoms with Gasteiger partial charge in [-0.1, -0.05) is 23.7 Å². The number of thiophene rings is 1. The fraction of sp³-hybridized carbons (Fsp3) is 0.154. The van der Waals surface area contributed by atoms with Crippen LogP contribution in [0.15, 0.2) is 28.7 Å². The summed E-state index contributed by atoms with van der Waals surface area (Å²) in [6.07, 6.45) is 0. The maximum atomic E-state index is 9.13. The number of nitriles is 1. The highest BCUT2D eigenvalue weighted by molar-refractivity contribution is 9.10. The van der Waals surface area contributed by atoms with Gasteiger partial charge in [0.25, 0.3) is 0 Å². The summed E-state index contributed by atoms with van der Waals surface area (Å²) < 4.78 is 1.66. The molecule has 0 radical (unpaired) electrons. The van der Waals surface area contributed by atoms with Crippen molar-refractivity contribution < 1.29 is 0 Å². The van der Waals surface area contributed by atoms with Crippen molar-refractivity contribution in [1.29, 1.82) is 5.26 Å². The molecular formula is C13H10BrClN2S. The number of rotatable bonds is 3. The third-order valence-corrected chi connectivity index (χ3v) is 5.01. The minimum Gasteiger partial charge on any atom is -0.379 e. The van der Waals surface area contributed by atoms with Crippen molar-refractivity contribution in [3.63, 3.8) is 0 Å². The van der Waals surface area contributed by atoms with Gasteiger partial charge in [-0.3, -0.25) is 0 Å². The van der Waals surface area contributed by atoms with Crippen molar-refractivity contribution in [3.05, 3.63) is 49.1 Å². The monoisotopic (exact) mass is 340 g/mol. The Balaban J connectivity index is 2.16. The van der Waals surface area contributed by atoms with Gasteiger partial charge in [-0.25, -0.2) is 0 Å². The van der Waals surface area contributed by atoms with Gasteiger partial charge in [-0.2, -0.15) is 5.26 Å². The molecule has 0 saturated carbocycles. The first-order valence-corrected chi connectivity index (χ1v) is 7.28. The molecule has 0 aliphatic heterocycles. The van der Waals surface area contributed by atoms with E-state index < -0.39 is 0 Å². The number of anilines is 1. The molecule has 5 heteroatoms. The molecule has 0 unspecified atom stereocenters. The van der Waals surface area contributed by atoms with Crippen LogP contribution in [-0.4, -0.2) is 0 Å². The van der Waals surface area contributed by atoms with Crippen molar-refractivity contribution in [2.45, 2.75) is 13.5 Å². The molecule has 2 aromatic rings. The molecule has 1 aromatic heterocycles. The molecule has 0 amide bonds. The SMILES string of the molecule is Cc1cccc(NCc2cc(Br)c(Cl)s2)c1C#N. The summed E-state index contributed by atoms with van der Waals surface area (Å²) in [5.41, 5.74) is 2.53. The second-order valence-corrected chi connectivity index (χ2v) is 6.39. The first kappa shape index (κ1) is 13.4. The van der Waals surface area contributed by atoms with E-state index in [9.17, 15) is 0 Å². The summed E-state index contributed by atoms with van der Waals surface area (Å²) in [6.45, 7) is 2.59. The van der Waals surface area contributed by atoms with E-state index in [4.69, 9.17) is 16.9 Å². The Kier molecular flexibility index (Phi) is 4.28. The average molecular weight is 342 g/mol. The predicted octanol–water partition coefficient (Wildman–Crippen LogP) is 4.96. The van der Waals surface area contributed by atoms with Crippen LogP contribution >= 0.6 is 38.9 Å². The zero-order valence-corrected chi connectivity index (χ0v) is 12.8. The molecule has 1 heterocycles. The number of hydrogen-bond donors (Lipinski definition) is 1. The molecule has 0 bridgehead atoms. The van der Waals surface area contributed by atoms with E-state index in [1.807, 2.05) is 31.2 Å². The van der Waals surface area contributed by atoms with E-state index in [0.29, 0.717) is 12.1 Å². The lowest BCUT2D eigenvalue weighted by Gasteiger charge is -2.08.